The second-order valence-electron chi connectivity index (χ2n) is 7.17. The molecule has 152 valence electrons. The van der Waals surface area contributed by atoms with Crippen LogP contribution in [0.5, 0.6) is 5.75 Å². The maximum absolute atomic E-state index is 12.5. The molecular formula is C20H26N2O4S2. The number of sulfonamides is 1. The van der Waals surface area contributed by atoms with Gasteiger partial charge in [-0.2, -0.15) is 0 Å². The molecule has 3 rings (SSSR count). The highest BCUT2D eigenvalue weighted by Crippen LogP contribution is 2.21. The number of hydrogen-bond donors (Lipinski definition) is 1. The van der Waals surface area contributed by atoms with Gasteiger partial charge in [-0.1, -0.05) is 12.1 Å². The topological polar surface area (TPSA) is 75.7 Å². The lowest BCUT2D eigenvalue weighted by molar-refractivity contribution is 0.0938. The van der Waals surface area contributed by atoms with Gasteiger partial charge < -0.3 is 10.1 Å². The Hall–Kier alpha value is -1.90. The van der Waals surface area contributed by atoms with Crippen LogP contribution in [-0.2, 0) is 16.4 Å². The quantitative estimate of drug-likeness (QED) is 0.744. The van der Waals surface area contributed by atoms with E-state index in [0.717, 1.165) is 6.42 Å². The third kappa shape index (κ3) is 5.80. The number of nitrogens with one attached hydrogen (secondary N) is 1. The van der Waals surface area contributed by atoms with E-state index in [2.05, 4.69) is 11.4 Å². The molecule has 1 aliphatic heterocycles. The lowest BCUT2D eigenvalue weighted by atomic mass is 10.1. The molecule has 1 atom stereocenters. The highest BCUT2D eigenvalue weighted by molar-refractivity contribution is 7.88. The summed E-state index contributed by atoms with van der Waals surface area (Å²) >= 11 is 1.69. The molecule has 0 bridgehead atoms. The van der Waals surface area contributed by atoms with E-state index in [1.54, 1.807) is 29.5 Å². The van der Waals surface area contributed by atoms with Crippen LogP contribution >= 0.6 is 11.3 Å². The third-order valence-corrected chi connectivity index (χ3v) is 6.94. The summed E-state index contributed by atoms with van der Waals surface area (Å²) in [6, 6.07) is 11.3. The second kappa shape index (κ2) is 9.07. The van der Waals surface area contributed by atoms with E-state index in [4.69, 9.17) is 4.74 Å². The summed E-state index contributed by atoms with van der Waals surface area (Å²) in [5.74, 6) is 0.512. The first-order chi connectivity index (χ1) is 13.3. The average Bonchev–Trinajstić information content (AvgIpc) is 3.14. The molecule has 1 aliphatic rings. The van der Waals surface area contributed by atoms with E-state index >= 15 is 0 Å². The summed E-state index contributed by atoms with van der Waals surface area (Å²) in [6.45, 7) is 2.92. The number of amides is 1. The van der Waals surface area contributed by atoms with Crippen LogP contribution in [0.2, 0.25) is 0 Å². The molecule has 0 radical (unpaired) electrons. The summed E-state index contributed by atoms with van der Waals surface area (Å²) in [5, 5.41) is 5.06. The molecule has 1 amide bonds. The Morgan fingerprint density at radius 1 is 1.29 bits per heavy atom. The van der Waals surface area contributed by atoms with E-state index in [1.165, 1.54) is 15.4 Å². The lowest BCUT2D eigenvalue weighted by Crippen LogP contribution is -2.41. The summed E-state index contributed by atoms with van der Waals surface area (Å²) in [6.07, 6.45) is 3.27. The summed E-state index contributed by atoms with van der Waals surface area (Å²) in [4.78, 5) is 13.8. The average molecular weight is 423 g/mol. The molecule has 6 nitrogen and oxygen atoms in total. The van der Waals surface area contributed by atoms with Gasteiger partial charge in [0.25, 0.3) is 5.91 Å². The van der Waals surface area contributed by atoms with Gasteiger partial charge >= 0.3 is 0 Å². The molecule has 1 aromatic carbocycles. The van der Waals surface area contributed by atoms with Crippen LogP contribution in [-0.4, -0.2) is 50.1 Å². The molecule has 1 fully saturated rings. The normalized spacial score (nSPS) is 17.2. The van der Waals surface area contributed by atoms with E-state index < -0.39 is 10.0 Å². The van der Waals surface area contributed by atoms with Gasteiger partial charge in [0.15, 0.2) is 0 Å². The molecule has 0 saturated carbocycles. The van der Waals surface area contributed by atoms with Gasteiger partial charge in [0.05, 0.1) is 6.26 Å². The Bertz CT molecular complexity index is 889. The van der Waals surface area contributed by atoms with Gasteiger partial charge in [-0.15, -0.1) is 11.3 Å². The molecule has 1 N–H and O–H groups in total. The number of ether oxygens (including phenoxy) is 1. The monoisotopic (exact) mass is 422 g/mol. The fourth-order valence-electron chi connectivity index (χ4n) is 3.27. The first-order valence-corrected chi connectivity index (χ1v) is 12.1. The van der Waals surface area contributed by atoms with Gasteiger partial charge in [-0.25, -0.2) is 12.7 Å². The Morgan fingerprint density at radius 3 is 2.68 bits per heavy atom. The fourth-order valence-corrected chi connectivity index (χ4v) is 4.98. The van der Waals surface area contributed by atoms with Crippen molar-refractivity contribution in [3.63, 3.8) is 0 Å². The molecular weight excluding hydrogens is 396 g/mol. The molecule has 0 aliphatic carbocycles. The number of benzene rings is 1. The van der Waals surface area contributed by atoms with Crippen molar-refractivity contribution in [1.29, 1.82) is 0 Å². The number of nitrogens with zero attached hydrogens (tertiary/aromatic N) is 1. The number of piperidine rings is 1. The highest BCUT2D eigenvalue weighted by Gasteiger charge is 2.26. The fraction of sp³-hybridized carbons (Fsp3) is 0.450. The van der Waals surface area contributed by atoms with E-state index in [9.17, 15) is 13.2 Å². The van der Waals surface area contributed by atoms with E-state index in [-0.39, 0.29) is 18.1 Å². The van der Waals surface area contributed by atoms with Crippen molar-refractivity contribution < 1.29 is 17.9 Å². The largest absolute Gasteiger partial charge is 0.490 e. The van der Waals surface area contributed by atoms with E-state index in [0.29, 0.717) is 37.2 Å². The minimum absolute atomic E-state index is 0.0380. The van der Waals surface area contributed by atoms with Crippen LogP contribution in [0, 0.1) is 0 Å². The maximum Gasteiger partial charge on any atom is 0.251 e. The Morgan fingerprint density at radius 2 is 2.04 bits per heavy atom. The van der Waals surface area contributed by atoms with Crippen molar-refractivity contribution in [2.75, 3.05) is 19.3 Å². The van der Waals surface area contributed by atoms with Crippen LogP contribution in [0.4, 0.5) is 0 Å². The van der Waals surface area contributed by atoms with Gasteiger partial charge in [-0.05, 0) is 49.4 Å². The Labute approximate surface area is 170 Å². The van der Waals surface area contributed by atoms with Crippen molar-refractivity contribution in [3.05, 3.63) is 52.2 Å². The Balaban J connectivity index is 1.54. The van der Waals surface area contributed by atoms with Gasteiger partial charge in [-0.3, -0.25) is 4.79 Å². The molecule has 0 spiro atoms. The first-order valence-electron chi connectivity index (χ1n) is 9.36. The van der Waals surface area contributed by atoms with Crippen LogP contribution in [0.25, 0.3) is 0 Å². The summed E-state index contributed by atoms with van der Waals surface area (Å²) in [7, 11) is -3.15. The van der Waals surface area contributed by atoms with E-state index in [1.807, 2.05) is 24.4 Å². The van der Waals surface area contributed by atoms with Crippen LogP contribution in [0.3, 0.4) is 0 Å². The molecule has 2 aromatic rings. The number of carbonyl (C=O) groups excluding carboxylic acids is 1. The number of carbonyl (C=O) groups is 1. The first kappa shape index (κ1) is 20.8. The highest BCUT2D eigenvalue weighted by atomic mass is 32.2. The standard InChI is InChI=1S/C20H26N2O4S2/c1-15(13-19-7-4-12-27-19)21-20(23)16-5-3-6-18(14-16)26-17-8-10-22(11-9-17)28(2,24)25/h3-7,12,14-15,17H,8-11,13H2,1-2H3,(H,21,23)/t15-/m0/s1. The maximum atomic E-state index is 12.5. The molecule has 1 aromatic heterocycles. The van der Waals surface area contributed by atoms with Crippen LogP contribution in [0.15, 0.2) is 41.8 Å². The van der Waals surface area contributed by atoms with Crippen molar-refractivity contribution in [2.45, 2.75) is 38.3 Å². The van der Waals surface area contributed by atoms with Gasteiger partial charge in [0.1, 0.15) is 11.9 Å². The smallest absolute Gasteiger partial charge is 0.251 e. The molecule has 28 heavy (non-hydrogen) atoms. The zero-order valence-electron chi connectivity index (χ0n) is 16.1. The predicted molar refractivity (Wildman–Crippen MR) is 111 cm³/mol. The van der Waals surface area contributed by atoms with Crippen LogP contribution in [0.1, 0.15) is 35.0 Å². The SMILES string of the molecule is C[C@@H](Cc1cccs1)NC(=O)c1cccc(OC2CCN(S(C)(=O)=O)CC2)c1. The van der Waals surface area contributed by atoms with Crippen molar-refractivity contribution in [3.8, 4) is 5.75 Å². The number of hydrogen-bond acceptors (Lipinski definition) is 5. The Kier molecular flexibility index (Phi) is 6.74. The van der Waals surface area contributed by atoms with Crippen molar-refractivity contribution >= 4 is 27.3 Å². The second-order valence-corrected chi connectivity index (χ2v) is 10.2. The van der Waals surface area contributed by atoms with Gasteiger partial charge in [0.2, 0.25) is 10.0 Å². The lowest BCUT2D eigenvalue weighted by Gasteiger charge is -2.30. The summed E-state index contributed by atoms with van der Waals surface area (Å²) in [5.41, 5.74) is 0.559. The minimum atomic E-state index is -3.15. The number of rotatable bonds is 7. The minimum Gasteiger partial charge on any atom is -0.490 e. The third-order valence-electron chi connectivity index (χ3n) is 4.73. The molecule has 8 heteroatoms. The van der Waals surface area contributed by atoms with Gasteiger partial charge in [0, 0.05) is 36.0 Å². The molecule has 1 saturated heterocycles. The molecule has 0 unspecified atom stereocenters. The zero-order chi connectivity index (χ0) is 20.1. The molecule has 2 heterocycles. The zero-order valence-corrected chi connectivity index (χ0v) is 17.8. The van der Waals surface area contributed by atoms with Crippen molar-refractivity contribution in [2.24, 2.45) is 0 Å². The predicted octanol–water partition coefficient (Wildman–Crippen LogP) is 2.91. The summed E-state index contributed by atoms with van der Waals surface area (Å²) < 4.78 is 30.7. The van der Waals surface area contributed by atoms with Crippen LogP contribution < -0.4 is 10.1 Å². The number of thiophene rings is 1. The van der Waals surface area contributed by atoms with Crippen molar-refractivity contribution in [1.82, 2.24) is 9.62 Å².